The van der Waals surface area contributed by atoms with Crippen LogP contribution in [0.15, 0.2) is 106 Å². The van der Waals surface area contributed by atoms with Gasteiger partial charge in [-0.3, -0.25) is 4.79 Å². The van der Waals surface area contributed by atoms with E-state index in [4.69, 9.17) is 25.1 Å². The summed E-state index contributed by atoms with van der Waals surface area (Å²) < 4.78 is 67.5. The van der Waals surface area contributed by atoms with Gasteiger partial charge in [0.25, 0.3) is 5.91 Å². The number of aliphatic hydroxyl groups is 1. The van der Waals surface area contributed by atoms with Crippen LogP contribution in [0, 0.1) is 5.82 Å². The van der Waals surface area contributed by atoms with E-state index >= 15 is 0 Å². The molecule has 0 saturated carbocycles. The molecule has 0 bridgehead atoms. The standard InChI is InChI=1S/C35H30BrF4N5O4/c36-28-10-6-23(7-11-28)31-34(19-25-4-1-2-5-26(25)21-43-45-41,33(47)42-20-22-16-27(35(38,39)40)18-29(37)17-22)44-32(49-31)24-8-12-30(13-9-24)48-15-3-14-46/h1-2,4-13,16-18,31,46H,3,14-15,19-21H2,(H,42,47)/t31-,34-/m1/s1. The van der Waals surface area contributed by atoms with Crippen molar-refractivity contribution in [3.63, 3.8) is 0 Å². The third-order valence-corrected chi connectivity index (χ3v) is 8.35. The van der Waals surface area contributed by atoms with Gasteiger partial charge in [0.15, 0.2) is 11.6 Å². The summed E-state index contributed by atoms with van der Waals surface area (Å²) in [7, 11) is 0. The lowest BCUT2D eigenvalue weighted by atomic mass is 9.81. The normalized spacial score (nSPS) is 17.1. The maximum absolute atomic E-state index is 14.5. The molecule has 2 atom stereocenters. The Bertz CT molecular complexity index is 1870. The van der Waals surface area contributed by atoms with Gasteiger partial charge >= 0.3 is 6.18 Å². The van der Waals surface area contributed by atoms with Crippen molar-refractivity contribution in [2.45, 2.75) is 43.8 Å². The first-order chi connectivity index (χ1) is 23.5. The smallest absolute Gasteiger partial charge is 0.416 e. The van der Waals surface area contributed by atoms with E-state index in [2.05, 4.69) is 31.3 Å². The average molecular weight is 741 g/mol. The van der Waals surface area contributed by atoms with Crippen LogP contribution in [0.25, 0.3) is 10.4 Å². The Morgan fingerprint density at radius 2 is 1.78 bits per heavy atom. The molecule has 1 heterocycles. The fraction of sp³-hybridized carbons (Fsp3) is 0.257. The fourth-order valence-electron chi connectivity index (χ4n) is 5.45. The average Bonchev–Trinajstić information content (AvgIpc) is 3.47. The van der Waals surface area contributed by atoms with Crippen LogP contribution in [0.4, 0.5) is 17.6 Å². The summed E-state index contributed by atoms with van der Waals surface area (Å²) in [5, 5.41) is 15.5. The van der Waals surface area contributed by atoms with Gasteiger partial charge in [0.1, 0.15) is 11.6 Å². The number of alkyl halides is 3. The van der Waals surface area contributed by atoms with Crippen molar-refractivity contribution >= 4 is 27.7 Å². The van der Waals surface area contributed by atoms with Gasteiger partial charge in [-0.15, -0.1) is 0 Å². The van der Waals surface area contributed by atoms with E-state index in [0.29, 0.717) is 47.1 Å². The van der Waals surface area contributed by atoms with Gasteiger partial charge in [0, 0.05) is 40.9 Å². The summed E-state index contributed by atoms with van der Waals surface area (Å²) in [5.74, 6) is -1.11. The number of aliphatic imine (C=N–C) groups is 1. The van der Waals surface area contributed by atoms with Crippen molar-refractivity contribution in [1.82, 2.24) is 5.32 Å². The highest BCUT2D eigenvalue weighted by Gasteiger charge is 2.53. The second-order valence-corrected chi connectivity index (χ2v) is 12.1. The molecule has 9 nitrogen and oxygen atoms in total. The number of benzene rings is 4. The minimum atomic E-state index is -4.79. The Morgan fingerprint density at radius 1 is 1.06 bits per heavy atom. The molecule has 14 heteroatoms. The van der Waals surface area contributed by atoms with Crippen molar-refractivity contribution in [2.24, 2.45) is 10.1 Å². The first-order valence-electron chi connectivity index (χ1n) is 15.1. The fourth-order valence-corrected chi connectivity index (χ4v) is 5.72. The number of carbonyl (C=O) groups excluding carboxylic acids is 1. The van der Waals surface area contributed by atoms with Crippen LogP contribution >= 0.6 is 15.9 Å². The summed E-state index contributed by atoms with van der Waals surface area (Å²) in [6.07, 6.45) is -5.41. The highest BCUT2D eigenvalue weighted by molar-refractivity contribution is 9.10. The molecule has 0 aromatic heterocycles. The Kier molecular flexibility index (Phi) is 11.2. The maximum atomic E-state index is 14.5. The Labute approximate surface area is 287 Å². The Hall–Kier alpha value is -4.91. The molecule has 4 aromatic rings. The molecule has 0 fully saturated rings. The van der Waals surface area contributed by atoms with E-state index in [1.54, 1.807) is 72.8 Å². The number of nitrogens with zero attached hydrogens (tertiary/aromatic N) is 4. The number of ether oxygens (including phenoxy) is 2. The summed E-state index contributed by atoms with van der Waals surface area (Å²) >= 11 is 3.43. The third-order valence-electron chi connectivity index (χ3n) is 7.82. The topological polar surface area (TPSA) is 129 Å². The van der Waals surface area contributed by atoms with E-state index in [-0.39, 0.29) is 31.0 Å². The van der Waals surface area contributed by atoms with E-state index in [9.17, 15) is 22.4 Å². The van der Waals surface area contributed by atoms with Crippen molar-refractivity contribution in [1.29, 1.82) is 0 Å². The number of azide groups is 1. The second-order valence-electron chi connectivity index (χ2n) is 11.2. The highest BCUT2D eigenvalue weighted by atomic mass is 79.9. The van der Waals surface area contributed by atoms with Gasteiger partial charge in [-0.2, -0.15) is 13.2 Å². The Morgan fingerprint density at radius 3 is 2.45 bits per heavy atom. The predicted octanol–water partition coefficient (Wildman–Crippen LogP) is 7.99. The maximum Gasteiger partial charge on any atom is 0.416 e. The molecule has 0 spiro atoms. The predicted molar refractivity (Wildman–Crippen MR) is 177 cm³/mol. The minimum absolute atomic E-state index is 0.00793. The summed E-state index contributed by atoms with van der Waals surface area (Å²) in [4.78, 5) is 22.3. The number of hydrogen-bond acceptors (Lipinski definition) is 6. The molecule has 0 radical (unpaired) electrons. The number of rotatable bonds is 13. The second kappa shape index (κ2) is 15.5. The zero-order valence-corrected chi connectivity index (χ0v) is 27.4. The van der Waals surface area contributed by atoms with Gasteiger partial charge in [-0.05, 0) is 82.4 Å². The lowest BCUT2D eigenvalue weighted by molar-refractivity contribution is -0.137. The number of halogens is 5. The molecule has 1 aliphatic heterocycles. The van der Waals surface area contributed by atoms with Crippen LogP contribution in [0.2, 0.25) is 0 Å². The van der Waals surface area contributed by atoms with Crippen LogP contribution in [0.3, 0.4) is 0 Å². The Balaban J connectivity index is 1.60. The summed E-state index contributed by atoms with van der Waals surface area (Å²) in [5.41, 5.74) is 8.35. The number of carbonyl (C=O) groups is 1. The molecule has 5 rings (SSSR count). The van der Waals surface area contributed by atoms with Gasteiger partial charge in [-0.25, -0.2) is 9.38 Å². The van der Waals surface area contributed by atoms with E-state index in [0.717, 1.165) is 16.6 Å². The zero-order chi connectivity index (χ0) is 35.0. The molecule has 2 N–H and O–H groups in total. The van der Waals surface area contributed by atoms with Crippen LogP contribution < -0.4 is 10.1 Å². The van der Waals surface area contributed by atoms with Gasteiger partial charge in [0.05, 0.1) is 18.7 Å². The van der Waals surface area contributed by atoms with Crippen LogP contribution in [-0.2, 0) is 35.2 Å². The number of hydrogen-bond donors (Lipinski definition) is 2. The molecule has 1 amide bonds. The summed E-state index contributed by atoms with van der Waals surface area (Å²) in [6.45, 7) is -0.141. The number of nitrogens with one attached hydrogen (secondary N) is 1. The van der Waals surface area contributed by atoms with Crippen molar-refractivity contribution in [2.75, 3.05) is 13.2 Å². The van der Waals surface area contributed by atoms with Gasteiger partial charge < -0.3 is 19.9 Å². The van der Waals surface area contributed by atoms with Crippen molar-refractivity contribution < 1.29 is 36.9 Å². The quantitative estimate of drug-likeness (QED) is 0.0474. The van der Waals surface area contributed by atoms with E-state index in [1.165, 1.54) is 0 Å². The molecule has 254 valence electrons. The lowest BCUT2D eigenvalue weighted by Gasteiger charge is -2.31. The third kappa shape index (κ3) is 8.58. The molecule has 0 unspecified atom stereocenters. The largest absolute Gasteiger partial charge is 0.494 e. The highest BCUT2D eigenvalue weighted by Crippen LogP contribution is 2.43. The monoisotopic (exact) mass is 739 g/mol. The van der Waals surface area contributed by atoms with E-state index < -0.39 is 41.7 Å². The molecular formula is C35H30BrF4N5O4. The summed E-state index contributed by atoms with van der Waals surface area (Å²) in [6, 6.07) is 23.0. The van der Waals surface area contributed by atoms with Crippen molar-refractivity contribution in [3.8, 4) is 5.75 Å². The van der Waals surface area contributed by atoms with Crippen LogP contribution in [-0.4, -0.2) is 35.7 Å². The molecular weight excluding hydrogens is 710 g/mol. The minimum Gasteiger partial charge on any atom is -0.494 e. The van der Waals surface area contributed by atoms with Crippen molar-refractivity contribution in [3.05, 3.63) is 145 Å². The van der Waals surface area contributed by atoms with Crippen LogP contribution in [0.5, 0.6) is 5.75 Å². The molecule has 49 heavy (non-hydrogen) atoms. The SMILES string of the molecule is [N-]=[N+]=NCc1ccccc1C[C@@]1(C(=O)NCc2cc(F)cc(C(F)(F)F)c2)N=C(c2ccc(OCCCO)cc2)O[C@@H]1c1ccc(Br)cc1. The molecule has 1 aliphatic rings. The molecule has 4 aromatic carbocycles. The first kappa shape index (κ1) is 35.4. The van der Waals surface area contributed by atoms with Gasteiger partial charge in [-0.1, -0.05) is 57.4 Å². The first-order valence-corrected chi connectivity index (χ1v) is 15.9. The zero-order valence-electron chi connectivity index (χ0n) is 25.8. The lowest BCUT2D eigenvalue weighted by Crippen LogP contribution is -2.49. The number of amides is 1. The number of aliphatic hydroxyl groups excluding tert-OH is 1. The van der Waals surface area contributed by atoms with Crippen LogP contribution in [0.1, 0.15) is 45.9 Å². The van der Waals surface area contributed by atoms with E-state index in [1.807, 2.05) is 0 Å². The van der Waals surface area contributed by atoms with Gasteiger partial charge in [0.2, 0.25) is 5.90 Å². The molecule has 0 aliphatic carbocycles. The molecule has 0 saturated heterocycles.